The van der Waals surface area contributed by atoms with Crippen LogP contribution in [0.3, 0.4) is 0 Å². The van der Waals surface area contributed by atoms with Crippen LogP contribution in [-0.2, 0) is 21.2 Å². The Balaban J connectivity index is 2.15. The van der Waals surface area contributed by atoms with Crippen molar-refractivity contribution < 1.29 is 22.6 Å². The Hall–Kier alpha value is -2.88. The smallest absolute Gasteiger partial charge is 0.270 e. The van der Waals surface area contributed by atoms with Gasteiger partial charge in [-0.1, -0.05) is 0 Å². The quantitative estimate of drug-likeness (QED) is 0.562. The highest BCUT2D eigenvalue weighted by atomic mass is 32.2. The van der Waals surface area contributed by atoms with Gasteiger partial charge < -0.3 is 15.1 Å². The van der Waals surface area contributed by atoms with Crippen LogP contribution < -0.4 is 10.6 Å². The van der Waals surface area contributed by atoms with Gasteiger partial charge in [0.05, 0.1) is 28.3 Å². The highest BCUT2D eigenvalue weighted by Gasteiger charge is 2.21. The van der Waals surface area contributed by atoms with Crippen LogP contribution in [0, 0.1) is 10.1 Å². The summed E-state index contributed by atoms with van der Waals surface area (Å²) in [6, 6.07) is 6.03. The minimum absolute atomic E-state index is 0.119. The van der Waals surface area contributed by atoms with Crippen LogP contribution in [0.25, 0.3) is 0 Å². The number of nitro benzene ring substituents is 1. The van der Waals surface area contributed by atoms with Gasteiger partial charge in [-0.15, -0.1) is 0 Å². The molecule has 2 rings (SSSR count). The summed E-state index contributed by atoms with van der Waals surface area (Å²) in [6.45, 7) is 1.74. The first-order valence-electron chi connectivity index (χ1n) is 7.23. The second kappa shape index (κ2) is 7.34. The van der Waals surface area contributed by atoms with Crippen molar-refractivity contribution in [2.75, 3.05) is 11.6 Å². The number of hydrogen-bond acceptors (Lipinski definition) is 7. The van der Waals surface area contributed by atoms with Gasteiger partial charge in [0.2, 0.25) is 5.91 Å². The molecular formula is C15H17N3O6S. The summed E-state index contributed by atoms with van der Waals surface area (Å²) in [4.78, 5) is 22.0. The fourth-order valence-electron chi connectivity index (χ4n) is 2.09. The normalized spacial score (nSPS) is 12.4. The molecule has 2 aromatic rings. The zero-order valence-electron chi connectivity index (χ0n) is 13.6. The minimum atomic E-state index is -3.72. The number of carbonyl (C=O) groups is 1. The van der Waals surface area contributed by atoms with Crippen molar-refractivity contribution in [1.82, 2.24) is 5.32 Å². The third kappa shape index (κ3) is 4.80. The number of non-ortho nitro benzene ring substituents is 1. The van der Waals surface area contributed by atoms with E-state index in [1.54, 1.807) is 19.1 Å². The van der Waals surface area contributed by atoms with Crippen molar-refractivity contribution >= 4 is 27.1 Å². The van der Waals surface area contributed by atoms with Crippen molar-refractivity contribution in [3.63, 3.8) is 0 Å². The molecule has 0 aliphatic heterocycles. The van der Waals surface area contributed by atoms with Gasteiger partial charge in [0, 0.05) is 18.4 Å². The van der Waals surface area contributed by atoms with Crippen LogP contribution in [0.15, 0.2) is 45.9 Å². The Morgan fingerprint density at radius 3 is 2.64 bits per heavy atom. The molecule has 0 bridgehead atoms. The van der Waals surface area contributed by atoms with Crippen LogP contribution >= 0.6 is 0 Å². The first kappa shape index (κ1) is 18.5. The van der Waals surface area contributed by atoms with Gasteiger partial charge in [0.1, 0.15) is 11.8 Å². The van der Waals surface area contributed by atoms with E-state index in [0.29, 0.717) is 5.76 Å². The molecule has 1 amide bonds. The molecule has 0 aliphatic carbocycles. The molecule has 25 heavy (non-hydrogen) atoms. The maximum atomic E-state index is 12.1. The average Bonchev–Trinajstić information content (AvgIpc) is 3.05. The maximum absolute atomic E-state index is 12.1. The Bertz CT molecular complexity index is 877. The largest absolute Gasteiger partial charge is 0.467 e. The van der Waals surface area contributed by atoms with Gasteiger partial charge in [-0.2, -0.15) is 0 Å². The summed E-state index contributed by atoms with van der Waals surface area (Å²) in [5.74, 6) is 0.196. The van der Waals surface area contributed by atoms with E-state index in [-0.39, 0.29) is 28.7 Å². The lowest BCUT2D eigenvalue weighted by molar-refractivity contribution is -0.385. The van der Waals surface area contributed by atoms with Gasteiger partial charge in [0.15, 0.2) is 9.84 Å². The number of amides is 1. The van der Waals surface area contributed by atoms with Crippen molar-refractivity contribution in [3.8, 4) is 0 Å². The molecule has 0 spiro atoms. The molecule has 0 saturated heterocycles. The van der Waals surface area contributed by atoms with Crippen LogP contribution in [0.1, 0.15) is 12.7 Å². The molecular weight excluding hydrogens is 350 g/mol. The maximum Gasteiger partial charge on any atom is 0.270 e. The molecule has 1 unspecified atom stereocenters. The van der Waals surface area contributed by atoms with E-state index in [4.69, 9.17) is 4.42 Å². The van der Waals surface area contributed by atoms with Crippen molar-refractivity contribution in [1.29, 1.82) is 0 Å². The van der Waals surface area contributed by atoms with Crippen LogP contribution in [-0.4, -0.2) is 31.5 Å². The summed E-state index contributed by atoms with van der Waals surface area (Å²) < 4.78 is 28.9. The third-order valence-corrected chi connectivity index (χ3v) is 4.49. The second-order valence-electron chi connectivity index (χ2n) is 5.37. The van der Waals surface area contributed by atoms with Crippen LogP contribution in [0.5, 0.6) is 0 Å². The number of nitrogens with one attached hydrogen (secondary N) is 2. The highest BCUT2D eigenvalue weighted by molar-refractivity contribution is 7.90. The van der Waals surface area contributed by atoms with E-state index in [9.17, 15) is 23.3 Å². The van der Waals surface area contributed by atoms with E-state index in [1.807, 2.05) is 0 Å². The molecule has 1 heterocycles. The van der Waals surface area contributed by atoms with Crippen molar-refractivity contribution in [3.05, 3.63) is 52.5 Å². The number of carbonyl (C=O) groups excluding carboxylic acids is 1. The van der Waals surface area contributed by atoms with E-state index in [1.165, 1.54) is 18.4 Å². The first-order chi connectivity index (χ1) is 11.7. The Labute approximate surface area is 144 Å². The number of anilines is 1. The summed E-state index contributed by atoms with van der Waals surface area (Å²) in [5, 5.41) is 16.2. The summed E-state index contributed by atoms with van der Waals surface area (Å²) in [6.07, 6.45) is 2.43. The average molecular weight is 367 g/mol. The molecule has 0 radical (unpaired) electrons. The number of nitrogens with zero attached hydrogens (tertiary/aromatic N) is 1. The SMILES string of the molecule is CC(Nc1ccc([N+](=O)[O-])cc1S(C)(=O)=O)C(=O)NCc1ccco1. The minimum Gasteiger partial charge on any atom is -0.467 e. The molecule has 134 valence electrons. The van der Waals surface area contributed by atoms with Gasteiger partial charge in [0.25, 0.3) is 5.69 Å². The Kier molecular flexibility index (Phi) is 5.42. The molecule has 0 fully saturated rings. The van der Waals surface area contributed by atoms with Crippen molar-refractivity contribution in [2.24, 2.45) is 0 Å². The standard InChI is InChI=1S/C15H17N3O6S/c1-10(15(19)16-9-12-4-3-7-24-12)17-13-6-5-11(18(20)21)8-14(13)25(2,22)23/h3-8,10,17H,9H2,1-2H3,(H,16,19). The summed E-state index contributed by atoms with van der Waals surface area (Å²) in [5.41, 5.74) is -0.227. The number of rotatable bonds is 7. The fraction of sp³-hybridized carbons (Fsp3) is 0.267. The summed E-state index contributed by atoms with van der Waals surface area (Å²) in [7, 11) is -3.72. The van der Waals surface area contributed by atoms with Crippen LogP contribution in [0.2, 0.25) is 0 Å². The Morgan fingerprint density at radius 2 is 2.08 bits per heavy atom. The topological polar surface area (TPSA) is 132 Å². The lowest BCUT2D eigenvalue weighted by atomic mass is 10.2. The number of benzene rings is 1. The van der Waals surface area contributed by atoms with Gasteiger partial charge >= 0.3 is 0 Å². The van der Waals surface area contributed by atoms with Gasteiger partial charge in [-0.25, -0.2) is 8.42 Å². The molecule has 1 aromatic heterocycles. The fourth-order valence-corrected chi connectivity index (χ4v) is 2.95. The molecule has 9 nitrogen and oxygen atoms in total. The third-order valence-electron chi connectivity index (χ3n) is 3.36. The van der Waals surface area contributed by atoms with E-state index in [0.717, 1.165) is 12.3 Å². The second-order valence-corrected chi connectivity index (χ2v) is 7.36. The molecule has 10 heteroatoms. The number of furan rings is 1. The van der Waals surface area contributed by atoms with E-state index in [2.05, 4.69) is 10.6 Å². The number of hydrogen-bond donors (Lipinski definition) is 2. The predicted octanol–water partition coefficient (Wildman–Crippen LogP) is 1.71. The Morgan fingerprint density at radius 1 is 1.36 bits per heavy atom. The molecule has 2 N–H and O–H groups in total. The van der Waals surface area contributed by atoms with Gasteiger partial charge in [-0.3, -0.25) is 14.9 Å². The van der Waals surface area contributed by atoms with E-state index < -0.39 is 20.8 Å². The monoisotopic (exact) mass is 367 g/mol. The highest BCUT2D eigenvalue weighted by Crippen LogP contribution is 2.27. The van der Waals surface area contributed by atoms with Crippen molar-refractivity contribution in [2.45, 2.75) is 24.4 Å². The zero-order valence-corrected chi connectivity index (χ0v) is 14.4. The first-order valence-corrected chi connectivity index (χ1v) is 9.13. The number of sulfone groups is 1. The van der Waals surface area contributed by atoms with E-state index >= 15 is 0 Å². The van der Waals surface area contributed by atoms with Crippen LogP contribution in [0.4, 0.5) is 11.4 Å². The molecule has 0 aliphatic rings. The molecule has 1 aromatic carbocycles. The lowest BCUT2D eigenvalue weighted by Crippen LogP contribution is -2.37. The molecule has 1 atom stereocenters. The predicted molar refractivity (Wildman–Crippen MR) is 89.8 cm³/mol. The van der Waals surface area contributed by atoms with Gasteiger partial charge in [-0.05, 0) is 25.1 Å². The molecule has 0 saturated carbocycles. The lowest BCUT2D eigenvalue weighted by Gasteiger charge is -2.17. The zero-order chi connectivity index (χ0) is 18.6. The number of nitro groups is 1. The summed E-state index contributed by atoms with van der Waals surface area (Å²) >= 11 is 0.